The fourth-order valence-corrected chi connectivity index (χ4v) is 3.11. The summed E-state index contributed by atoms with van der Waals surface area (Å²) in [5.41, 5.74) is 1.25. The Kier molecular flexibility index (Phi) is 4.36. The van der Waals surface area contributed by atoms with Crippen molar-refractivity contribution < 1.29 is 14.6 Å². The fourth-order valence-electron chi connectivity index (χ4n) is 3.11. The smallest absolute Gasteiger partial charge is 0.314 e. The highest BCUT2D eigenvalue weighted by Gasteiger charge is 2.41. The van der Waals surface area contributed by atoms with Crippen molar-refractivity contribution in [1.29, 1.82) is 0 Å². The van der Waals surface area contributed by atoms with Crippen molar-refractivity contribution >= 4 is 5.97 Å². The van der Waals surface area contributed by atoms with Gasteiger partial charge in [0.05, 0.1) is 11.5 Å². The molecule has 1 aromatic carbocycles. The van der Waals surface area contributed by atoms with Gasteiger partial charge in [-0.1, -0.05) is 31.4 Å². The van der Waals surface area contributed by atoms with Gasteiger partial charge in [-0.2, -0.15) is 0 Å². The van der Waals surface area contributed by atoms with Crippen LogP contribution in [0.25, 0.3) is 0 Å². The maximum absolute atomic E-state index is 11.8. The predicted molar refractivity (Wildman–Crippen MR) is 79.3 cm³/mol. The molecule has 1 aliphatic rings. The number of carbonyl (C=O) groups is 1. The third-order valence-corrected chi connectivity index (χ3v) is 4.21. The van der Waals surface area contributed by atoms with Crippen LogP contribution in [0, 0.1) is 6.92 Å². The summed E-state index contributed by atoms with van der Waals surface area (Å²) in [6.07, 6.45) is 4.74. The van der Waals surface area contributed by atoms with Gasteiger partial charge in [-0.25, -0.2) is 0 Å². The molecule has 0 heterocycles. The summed E-state index contributed by atoms with van der Waals surface area (Å²) >= 11 is 0. The van der Waals surface area contributed by atoms with Crippen LogP contribution in [0.4, 0.5) is 0 Å². The highest BCUT2D eigenvalue weighted by molar-refractivity contribution is 5.81. The van der Waals surface area contributed by atoms with Crippen molar-refractivity contribution in [3.8, 4) is 5.75 Å². The normalized spacial score (nSPS) is 18.0. The van der Waals surface area contributed by atoms with Crippen molar-refractivity contribution in [3.05, 3.63) is 29.3 Å². The minimum atomic E-state index is -0.695. The minimum absolute atomic E-state index is 0.127. The van der Waals surface area contributed by atoms with Gasteiger partial charge in [0.25, 0.3) is 0 Å². The molecule has 3 nitrogen and oxygen atoms in total. The Hall–Kier alpha value is -1.51. The molecule has 1 aromatic rings. The van der Waals surface area contributed by atoms with Gasteiger partial charge >= 0.3 is 5.97 Å². The van der Waals surface area contributed by atoms with E-state index in [-0.39, 0.29) is 6.10 Å². The third kappa shape index (κ3) is 2.82. The lowest BCUT2D eigenvalue weighted by Gasteiger charge is -2.34. The molecule has 0 amide bonds. The van der Waals surface area contributed by atoms with Crippen LogP contribution in [-0.2, 0) is 10.2 Å². The van der Waals surface area contributed by atoms with Crippen LogP contribution in [0.3, 0.4) is 0 Å². The Labute approximate surface area is 121 Å². The molecule has 0 saturated heterocycles. The molecule has 2 rings (SSSR count). The van der Waals surface area contributed by atoms with Gasteiger partial charge in [0.2, 0.25) is 0 Å². The monoisotopic (exact) mass is 276 g/mol. The maximum atomic E-state index is 11.8. The van der Waals surface area contributed by atoms with E-state index in [4.69, 9.17) is 4.74 Å². The Morgan fingerprint density at radius 2 is 1.90 bits per heavy atom. The second kappa shape index (κ2) is 5.86. The van der Waals surface area contributed by atoms with E-state index in [0.29, 0.717) is 0 Å². The van der Waals surface area contributed by atoms with Crippen LogP contribution in [0.2, 0.25) is 0 Å². The largest absolute Gasteiger partial charge is 0.491 e. The first-order chi connectivity index (χ1) is 9.45. The summed E-state index contributed by atoms with van der Waals surface area (Å²) in [5.74, 6) is 0.161. The molecule has 0 aromatic heterocycles. The lowest BCUT2D eigenvalue weighted by atomic mass is 9.69. The number of aliphatic carboxylic acids is 1. The second-order valence-electron chi connectivity index (χ2n) is 6.09. The van der Waals surface area contributed by atoms with E-state index in [0.717, 1.165) is 49.0 Å². The molecule has 1 fully saturated rings. The quantitative estimate of drug-likeness (QED) is 0.901. The average molecular weight is 276 g/mol. The minimum Gasteiger partial charge on any atom is -0.491 e. The van der Waals surface area contributed by atoms with E-state index in [2.05, 4.69) is 0 Å². The third-order valence-electron chi connectivity index (χ3n) is 4.21. The van der Waals surface area contributed by atoms with Gasteiger partial charge in [0.1, 0.15) is 5.75 Å². The lowest BCUT2D eigenvalue weighted by molar-refractivity contribution is -0.145. The molecule has 0 aliphatic heterocycles. The molecule has 0 radical (unpaired) electrons. The Balaban J connectivity index is 2.35. The van der Waals surface area contributed by atoms with Gasteiger partial charge in [-0.15, -0.1) is 0 Å². The lowest BCUT2D eigenvalue weighted by Crippen LogP contribution is -2.37. The van der Waals surface area contributed by atoms with Gasteiger partial charge < -0.3 is 9.84 Å². The number of rotatable bonds is 4. The van der Waals surface area contributed by atoms with Crippen molar-refractivity contribution in [2.24, 2.45) is 0 Å². The zero-order chi connectivity index (χ0) is 14.8. The molecule has 110 valence electrons. The topological polar surface area (TPSA) is 46.5 Å². The van der Waals surface area contributed by atoms with Crippen LogP contribution in [0.5, 0.6) is 5.75 Å². The molecule has 0 spiro atoms. The summed E-state index contributed by atoms with van der Waals surface area (Å²) < 4.78 is 5.73. The number of carboxylic acids is 1. The molecule has 1 aliphatic carbocycles. The number of benzene rings is 1. The van der Waals surface area contributed by atoms with Gasteiger partial charge in [-0.05, 0) is 50.8 Å². The van der Waals surface area contributed by atoms with E-state index >= 15 is 0 Å². The standard InChI is InChI=1S/C17H24O3/c1-12(2)20-15-8-7-14(11-13(15)3)17(16(18)19)9-5-4-6-10-17/h7-8,11-12H,4-6,9-10H2,1-3H3,(H,18,19). The fraction of sp³-hybridized carbons (Fsp3) is 0.588. The SMILES string of the molecule is Cc1cc(C2(C(=O)O)CCCCC2)ccc1OC(C)C. The van der Waals surface area contributed by atoms with E-state index in [1.54, 1.807) is 0 Å². The Morgan fingerprint density at radius 3 is 2.40 bits per heavy atom. The molecule has 1 N–H and O–H groups in total. The molecule has 1 saturated carbocycles. The van der Waals surface area contributed by atoms with Crippen LogP contribution in [0.15, 0.2) is 18.2 Å². The first-order valence-electron chi connectivity index (χ1n) is 7.47. The van der Waals surface area contributed by atoms with Gasteiger partial charge in [0.15, 0.2) is 0 Å². The van der Waals surface area contributed by atoms with Gasteiger partial charge in [-0.3, -0.25) is 4.79 Å². The summed E-state index contributed by atoms with van der Waals surface area (Å²) in [6.45, 7) is 5.97. The zero-order valence-corrected chi connectivity index (χ0v) is 12.6. The summed E-state index contributed by atoms with van der Waals surface area (Å²) in [7, 11) is 0. The van der Waals surface area contributed by atoms with Crippen molar-refractivity contribution in [2.75, 3.05) is 0 Å². The summed E-state index contributed by atoms with van der Waals surface area (Å²) in [5, 5.41) is 9.72. The summed E-state index contributed by atoms with van der Waals surface area (Å²) in [4.78, 5) is 11.8. The molecule has 0 atom stereocenters. The van der Waals surface area contributed by atoms with Crippen LogP contribution in [0.1, 0.15) is 57.1 Å². The molecular weight excluding hydrogens is 252 g/mol. The number of aryl methyl sites for hydroxylation is 1. The molecule has 20 heavy (non-hydrogen) atoms. The predicted octanol–water partition coefficient (Wildman–Crippen LogP) is 4.07. The maximum Gasteiger partial charge on any atom is 0.314 e. The van der Waals surface area contributed by atoms with Crippen LogP contribution < -0.4 is 4.74 Å². The van der Waals surface area contributed by atoms with Crippen molar-refractivity contribution in [1.82, 2.24) is 0 Å². The first-order valence-corrected chi connectivity index (χ1v) is 7.47. The molecule has 0 bridgehead atoms. The molecular formula is C17H24O3. The van der Waals surface area contributed by atoms with Crippen LogP contribution in [-0.4, -0.2) is 17.2 Å². The Bertz CT molecular complexity index is 485. The van der Waals surface area contributed by atoms with Crippen molar-refractivity contribution in [2.45, 2.75) is 64.4 Å². The Morgan fingerprint density at radius 1 is 1.25 bits per heavy atom. The summed E-state index contributed by atoms with van der Waals surface area (Å²) in [6, 6.07) is 5.85. The first kappa shape index (κ1) is 14.9. The van der Waals surface area contributed by atoms with E-state index < -0.39 is 11.4 Å². The van der Waals surface area contributed by atoms with E-state index in [1.165, 1.54) is 0 Å². The van der Waals surface area contributed by atoms with E-state index in [9.17, 15) is 9.90 Å². The zero-order valence-electron chi connectivity index (χ0n) is 12.6. The van der Waals surface area contributed by atoms with E-state index in [1.807, 2.05) is 39.0 Å². The highest BCUT2D eigenvalue weighted by Crippen LogP contribution is 2.41. The highest BCUT2D eigenvalue weighted by atomic mass is 16.5. The number of hydrogen-bond acceptors (Lipinski definition) is 2. The number of ether oxygens (including phenoxy) is 1. The van der Waals surface area contributed by atoms with Crippen molar-refractivity contribution in [3.63, 3.8) is 0 Å². The second-order valence-corrected chi connectivity index (χ2v) is 6.09. The van der Waals surface area contributed by atoms with Gasteiger partial charge in [0, 0.05) is 0 Å². The number of hydrogen-bond donors (Lipinski definition) is 1. The molecule has 0 unspecified atom stereocenters. The number of carboxylic acid groups (broad SMARTS) is 1. The average Bonchev–Trinajstić information content (AvgIpc) is 2.41. The molecule has 3 heteroatoms. The van der Waals surface area contributed by atoms with Crippen LogP contribution >= 0.6 is 0 Å².